The summed E-state index contributed by atoms with van der Waals surface area (Å²) in [6, 6.07) is 16.9. The van der Waals surface area contributed by atoms with Crippen molar-refractivity contribution in [2.75, 3.05) is 5.32 Å². The molecule has 0 aliphatic carbocycles. The zero-order valence-electron chi connectivity index (χ0n) is 15.2. The summed E-state index contributed by atoms with van der Waals surface area (Å²) in [7, 11) is 0. The molecule has 0 spiro atoms. The molecule has 0 saturated heterocycles. The number of anilines is 1. The van der Waals surface area contributed by atoms with Gasteiger partial charge < -0.3 is 0 Å². The first kappa shape index (κ1) is 18.3. The second kappa shape index (κ2) is 7.53. The maximum atomic E-state index is 12.7. The first-order valence-electron chi connectivity index (χ1n) is 8.55. The Kier molecular flexibility index (Phi) is 4.93. The van der Waals surface area contributed by atoms with Gasteiger partial charge in [0, 0.05) is 15.5 Å². The van der Waals surface area contributed by atoms with Crippen LogP contribution in [0.1, 0.15) is 21.1 Å². The molecule has 0 aliphatic rings. The molecule has 4 aromatic rings. The van der Waals surface area contributed by atoms with Crippen LogP contribution in [0.15, 0.2) is 54.6 Å². The van der Waals surface area contributed by atoms with Crippen molar-refractivity contribution >= 4 is 34.0 Å². The third-order valence-corrected chi connectivity index (χ3v) is 5.26. The number of thiazole rings is 1. The van der Waals surface area contributed by atoms with E-state index in [1.165, 1.54) is 16.1 Å². The highest BCUT2D eigenvalue weighted by atomic mass is 35.5. The third-order valence-electron chi connectivity index (χ3n) is 4.12. The van der Waals surface area contributed by atoms with Gasteiger partial charge in [-0.25, -0.2) is 4.98 Å². The van der Waals surface area contributed by atoms with Crippen LogP contribution in [0.4, 0.5) is 5.13 Å². The van der Waals surface area contributed by atoms with Crippen LogP contribution in [0.25, 0.3) is 16.9 Å². The predicted octanol–water partition coefficient (Wildman–Crippen LogP) is 4.91. The SMILES string of the molecule is Cc1nn(-c2ccccc2)nc1C(=O)Nc1nc(-c2ccc(Cl)cc2)c(C)s1. The van der Waals surface area contributed by atoms with E-state index in [0.717, 1.165) is 21.8 Å². The summed E-state index contributed by atoms with van der Waals surface area (Å²) in [4.78, 5) is 19.7. The molecule has 28 heavy (non-hydrogen) atoms. The van der Waals surface area contributed by atoms with E-state index in [-0.39, 0.29) is 11.6 Å². The van der Waals surface area contributed by atoms with Crippen LogP contribution in [0, 0.1) is 13.8 Å². The Balaban J connectivity index is 1.57. The topological polar surface area (TPSA) is 72.7 Å². The highest BCUT2D eigenvalue weighted by molar-refractivity contribution is 7.16. The average Bonchev–Trinajstić information content (AvgIpc) is 3.26. The molecule has 1 N–H and O–H groups in total. The Hall–Kier alpha value is -3.03. The highest BCUT2D eigenvalue weighted by Crippen LogP contribution is 2.31. The Bertz CT molecular complexity index is 1140. The van der Waals surface area contributed by atoms with Gasteiger partial charge in [-0.15, -0.1) is 16.4 Å². The number of para-hydroxylation sites is 1. The molecule has 0 saturated carbocycles. The number of aryl methyl sites for hydroxylation is 2. The van der Waals surface area contributed by atoms with Crippen LogP contribution in [0.5, 0.6) is 0 Å². The van der Waals surface area contributed by atoms with E-state index in [1.807, 2.05) is 61.5 Å². The molecule has 2 heterocycles. The van der Waals surface area contributed by atoms with Crippen molar-refractivity contribution in [3.05, 3.63) is 75.9 Å². The minimum atomic E-state index is -0.337. The number of halogens is 1. The Morgan fingerprint density at radius 2 is 1.75 bits per heavy atom. The molecule has 2 aromatic carbocycles. The fourth-order valence-corrected chi connectivity index (χ4v) is 3.70. The van der Waals surface area contributed by atoms with Crippen LogP contribution in [-0.2, 0) is 0 Å². The first-order valence-corrected chi connectivity index (χ1v) is 9.75. The van der Waals surface area contributed by atoms with Crippen molar-refractivity contribution in [1.29, 1.82) is 0 Å². The van der Waals surface area contributed by atoms with Crippen molar-refractivity contribution in [3.63, 3.8) is 0 Å². The number of carbonyl (C=O) groups is 1. The van der Waals surface area contributed by atoms with Gasteiger partial charge in [0.15, 0.2) is 10.8 Å². The van der Waals surface area contributed by atoms with E-state index in [1.54, 1.807) is 6.92 Å². The molecule has 0 atom stereocenters. The standard InChI is InChI=1S/C20H16ClN5OS/c1-12-17(25-26(24-12)16-6-4-3-5-7-16)19(27)23-20-22-18(13(2)28-20)14-8-10-15(21)11-9-14/h3-11H,1-2H3,(H,22,23,27). The number of carbonyl (C=O) groups excluding carboxylic acids is 1. The summed E-state index contributed by atoms with van der Waals surface area (Å²) < 4.78 is 0. The molecular weight excluding hydrogens is 394 g/mol. The largest absolute Gasteiger partial charge is 0.296 e. The van der Waals surface area contributed by atoms with Gasteiger partial charge in [0.25, 0.3) is 5.91 Å². The van der Waals surface area contributed by atoms with Gasteiger partial charge in [0.2, 0.25) is 0 Å². The predicted molar refractivity (Wildman–Crippen MR) is 111 cm³/mol. The van der Waals surface area contributed by atoms with Crippen LogP contribution >= 0.6 is 22.9 Å². The Morgan fingerprint density at radius 3 is 2.46 bits per heavy atom. The van der Waals surface area contributed by atoms with Crippen LogP contribution in [0.2, 0.25) is 5.02 Å². The summed E-state index contributed by atoms with van der Waals surface area (Å²) in [5, 5.41) is 12.7. The third kappa shape index (κ3) is 3.67. The molecular formula is C20H16ClN5OS. The minimum absolute atomic E-state index is 0.268. The summed E-state index contributed by atoms with van der Waals surface area (Å²) in [5.74, 6) is -0.337. The summed E-state index contributed by atoms with van der Waals surface area (Å²) in [5.41, 5.74) is 3.38. The van der Waals surface area contributed by atoms with Crippen molar-refractivity contribution in [1.82, 2.24) is 20.0 Å². The fraction of sp³-hybridized carbons (Fsp3) is 0.100. The number of hydrogen-bond donors (Lipinski definition) is 1. The second-order valence-electron chi connectivity index (χ2n) is 6.14. The lowest BCUT2D eigenvalue weighted by Crippen LogP contribution is -2.14. The maximum Gasteiger partial charge on any atom is 0.279 e. The average molecular weight is 410 g/mol. The lowest BCUT2D eigenvalue weighted by atomic mass is 10.1. The molecule has 0 aliphatic heterocycles. The van der Waals surface area contributed by atoms with Gasteiger partial charge >= 0.3 is 0 Å². The Labute approximate surface area is 170 Å². The summed E-state index contributed by atoms with van der Waals surface area (Å²) in [6.07, 6.45) is 0. The van der Waals surface area contributed by atoms with Crippen molar-refractivity contribution in [2.45, 2.75) is 13.8 Å². The normalized spacial score (nSPS) is 10.8. The monoisotopic (exact) mass is 409 g/mol. The second-order valence-corrected chi connectivity index (χ2v) is 7.78. The summed E-state index contributed by atoms with van der Waals surface area (Å²) >= 11 is 7.37. The van der Waals surface area contributed by atoms with E-state index < -0.39 is 0 Å². The van der Waals surface area contributed by atoms with E-state index in [2.05, 4.69) is 20.5 Å². The molecule has 140 valence electrons. The van der Waals surface area contributed by atoms with E-state index in [4.69, 9.17) is 11.6 Å². The fourth-order valence-electron chi connectivity index (χ4n) is 2.75. The molecule has 0 bridgehead atoms. The van der Waals surface area contributed by atoms with E-state index in [9.17, 15) is 4.79 Å². The number of hydrogen-bond acceptors (Lipinski definition) is 5. The van der Waals surface area contributed by atoms with Crippen molar-refractivity contribution in [2.24, 2.45) is 0 Å². The molecule has 0 fully saturated rings. The maximum absolute atomic E-state index is 12.7. The minimum Gasteiger partial charge on any atom is -0.296 e. The molecule has 1 amide bonds. The lowest BCUT2D eigenvalue weighted by Gasteiger charge is -2.00. The van der Waals surface area contributed by atoms with E-state index >= 15 is 0 Å². The molecule has 6 nitrogen and oxygen atoms in total. The van der Waals surface area contributed by atoms with Crippen molar-refractivity contribution < 1.29 is 4.79 Å². The molecule has 0 radical (unpaired) electrons. The van der Waals surface area contributed by atoms with Gasteiger partial charge in [0.05, 0.1) is 17.1 Å². The zero-order valence-corrected chi connectivity index (χ0v) is 16.8. The van der Waals surface area contributed by atoms with Gasteiger partial charge in [-0.3, -0.25) is 10.1 Å². The quantitative estimate of drug-likeness (QED) is 0.519. The molecule has 8 heteroatoms. The number of nitrogens with one attached hydrogen (secondary N) is 1. The number of benzene rings is 2. The van der Waals surface area contributed by atoms with Crippen LogP contribution < -0.4 is 5.32 Å². The van der Waals surface area contributed by atoms with Crippen LogP contribution in [0.3, 0.4) is 0 Å². The lowest BCUT2D eigenvalue weighted by molar-refractivity contribution is 0.102. The summed E-state index contributed by atoms with van der Waals surface area (Å²) in [6.45, 7) is 3.72. The number of nitrogens with zero attached hydrogens (tertiary/aromatic N) is 4. The van der Waals surface area contributed by atoms with Crippen LogP contribution in [-0.4, -0.2) is 25.9 Å². The number of aromatic nitrogens is 4. The van der Waals surface area contributed by atoms with Gasteiger partial charge in [-0.2, -0.15) is 9.90 Å². The van der Waals surface area contributed by atoms with Crippen molar-refractivity contribution in [3.8, 4) is 16.9 Å². The smallest absolute Gasteiger partial charge is 0.279 e. The zero-order chi connectivity index (χ0) is 19.7. The Morgan fingerprint density at radius 1 is 1.04 bits per heavy atom. The van der Waals surface area contributed by atoms with Gasteiger partial charge in [-0.05, 0) is 38.1 Å². The van der Waals surface area contributed by atoms with Gasteiger partial charge in [0.1, 0.15) is 0 Å². The molecule has 2 aromatic heterocycles. The first-order chi connectivity index (χ1) is 13.5. The molecule has 4 rings (SSSR count). The molecule has 0 unspecified atom stereocenters. The number of amides is 1. The highest BCUT2D eigenvalue weighted by Gasteiger charge is 2.19. The van der Waals surface area contributed by atoms with Gasteiger partial charge in [-0.1, -0.05) is 41.9 Å². The van der Waals surface area contributed by atoms with E-state index in [0.29, 0.717) is 15.8 Å². The number of rotatable bonds is 4.